The molecule has 0 saturated carbocycles. The van der Waals surface area contributed by atoms with Gasteiger partial charge in [0.15, 0.2) is 0 Å². The summed E-state index contributed by atoms with van der Waals surface area (Å²) in [6.45, 7) is 0. The summed E-state index contributed by atoms with van der Waals surface area (Å²) in [5.41, 5.74) is 3.76. The van der Waals surface area contributed by atoms with Crippen LogP contribution >= 0.6 is 11.3 Å². The highest BCUT2D eigenvalue weighted by Gasteiger charge is 2.16. The Kier molecular flexibility index (Phi) is 3.49. The van der Waals surface area contributed by atoms with Crippen molar-refractivity contribution in [1.29, 1.82) is 0 Å². The van der Waals surface area contributed by atoms with Gasteiger partial charge in [0.1, 0.15) is 10.8 Å². The van der Waals surface area contributed by atoms with Crippen LogP contribution in [0.15, 0.2) is 54.6 Å². The van der Waals surface area contributed by atoms with Crippen molar-refractivity contribution in [3.05, 3.63) is 75.6 Å². The molecule has 0 radical (unpaired) electrons. The van der Waals surface area contributed by atoms with Crippen LogP contribution < -0.4 is 5.32 Å². The van der Waals surface area contributed by atoms with Gasteiger partial charge in [-0.05, 0) is 36.1 Å². The quantitative estimate of drug-likeness (QED) is 0.707. The van der Waals surface area contributed by atoms with E-state index in [1.54, 1.807) is 11.3 Å². The third kappa shape index (κ3) is 2.68. The second-order valence-corrected chi connectivity index (χ2v) is 6.47. The lowest BCUT2D eigenvalue weighted by Crippen LogP contribution is -1.93. The summed E-state index contributed by atoms with van der Waals surface area (Å²) in [5, 5.41) is 4.54. The molecule has 0 amide bonds. The highest BCUT2D eigenvalue weighted by Crippen LogP contribution is 2.33. The van der Waals surface area contributed by atoms with Gasteiger partial charge in [-0.25, -0.2) is 4.98 Å². The fourth-order valence-electron chi connectivity index (χ4n) is 2.68. The number of para-hydroxylation sites is 1. The van der Waals surface area contributed by atoms with Crippen LogP contribution in [0.25, 0.3) is 12.2 Å². The molecule has 0 unspecified atom stereocenters. The van der Waals surface area contributed by atoms with Gasteiger partial charge in [-0.2, -0.15) is 0 Å². The fourth-order valence-corrected chi connectivity index (χ4v) is 3.60. The van der Waals surface area contributed by atoms with Crippen molar-refractivity contribution in [3.8, 4) is 0 Å². The summed E-state index contributed by atoms with van der Waals surface area (Å²) in [6.07, 6.45) is 6.34. The maximum Gasteiger partial charge on any atom is 0.145 e. The Labute approximate surface area is 134 Å². The molecule has 2 heterocycles. The third-order valence-electron chi connectivity index (χ3n) is 3.82. The summed E-state index contributed by atoms with van der Waals surface area (Å²) < 4.78 is 0. The Morgan fingerprint density at radius 3 is 2.64 bits per heavy atom. The van der Waals surface area contributed by atoms with Crippen LogP contribution in [0.2, 0.25) is 0 Å². The number of thiazole rings is 1. The second kappa shape index (κ2) is 5.78. The molecule has 1 aliphatic rings. The molecule has 1 N–H and O–H groups in total. The van der Waals surface area contributed by atoms with Crippen LogP contribution in [0.4, 0.5) is 11.5 Å². The van der Waals surface area contributed by atoms with E-state index in [9.17, 15) is 0 Å². The third-order valence-corrected chi connectivity index (χ3v) is 4.90. The maximum atomic E-state index is 4.75. The number of nitrogens with one attached hydrogen (secondary N) is 1. The average Bonchev–Trinajstić information content (AvgIpc) is 2.87. The maximum absolute atomic E-state index is 4.75. The molecule has 0 bridgehead atoms. The predicted octanol–water partition coefficient (Wildman–Crippen LogP) is 5.16. The van der Waals surface area contributed by atoms with E-state index in [-0.39, 0.29) is 0 Å². The number of anilines is 2. The standard InChI is InChI=1S/C19H16N2S/c1-2-6-14(7-3-1)10-13-18-21-19-17(22-18)12-11-15-8-4-5-9-16(15)20-19/h1-10,13,20H,11-12H2. The topological polar surface area (TPSA) is 24.9 Å². The van der Waals surface area contributed by atoms with E-state index in [0.717, 1.165) is 23.7 Å². The predicted molar refractivity (Wildman–Crippen MR) is 94.6 cm³/mol. The van der Waals surface area contributed by atoms with Gasteiger partial charge in [0.05, 0.1) is 0 Å². The van der Waals surface area contributed by atoms with Crippen LogP contribution in [0.3, 0.4) is 0 Å². The van der Waals surface area contributed by atoms with Crippen molar-refractivity contribution in [3.63, 3.8) is 0 Å². The van der Waals surface area contributed by atoms with Crippen molar-refractivity contribution < 1.29 is 0 Å². The van der Waals surface area contributed by atoms with Crippen LogP contribution in [0.5, 0.6) is 0 Å². The Balaban J connectivity index is 1.61. The van der Waals surface area contributed by atoms with Gasteiger partial charge in [-0.3, -0.25) is 0 Å². The SMILES string of the molecule is C(=Cc1nc2c(s1)CCc1ccccc1N2)c1ccccc1. The lowest BCUT2D eigenvalue weighted by atomic mass is 10.1. The van der Waals surface area contributed by atoms with E-state index >= 15 is 0 Å². The Bertz CT molecular complexity index is 818. The summed E-state index contributed by atoms with van der Waals surface area (Å²) in [6, 6.07) is 18.8. The molecule has 2 nitrogen and oxygen atoms in total. The van der Waals surface area contributed by atoms with Crippen molar-refractivity contribution in [2.45, 2.75) is 12.8 Å². The highest BCUT2D eigenvalue weighted by molar-refractivity contribution is 7.13. The first-order valence-corrected chi connectivity index (χ1v) is 8.28. The first kappa shape index (κ1) is 13.3. The molecule has 108 valence electrons. The molecule has 0 atom stereocenters. The van der Waals surface area contributed by atoms with Gasteiger partial charge in [0, 0.05) is 10.6 Å². The highest BCUT2D eigenvalue weighted by atomic mass is 32.1. The molecule has 22 heavy (non-hydrogen) atoms. The molecule has 1 aromatic heterocycles. The van der Waals surface area contributed by atoms with Crippen LogP contribution in [-0.2, 0) is 12.8 Å². The van der Waals surface area contributed by atoms with Gasteiger partial charge in [0.2, 0.25) is 0 Å². The smallest absolute Gasteiger partial charge is 0.145 e. The molecule has 3 heteroatoms. The number of benzene rings is 2. The Hall–Kier alpha value is -2.39. The van der Waals surface area contributed by atoms with Crippen molar-refractivity contribution in [1.82, 2.24) is 4.98 Å². The van der Waals surface area contributed by atoms with E-state index in [0.29, 0.717) is 0 Å². The van der Waals surface area contributed by atoms with Gasteiger partial charge < -0.3 is 5.32 Å². The van der Waals surface area contributed by atoms with E-state index < -0.39 is 0 Å². The summed E-state index contributed by atoms with van der Waals surface area (Å²) in [4.78, 5) is 6.08. The minimum atomic E-state index is 1.02. The number of hydrogen-bond acceptors (Lipinski definition) is 3. The molecular formula is C19H16N2S. The monoisotopic (exact) mass is 304 g/mol. The minimum absolute atomic E-state index is 1.02. The van der Waals surface area contributed by atoms with E-state index in [4.69, 9.17) is 4.98 Å². The molecule has 3 aromatic rings. The van der Waals surface area contributed by atoms with Gasteiger partial charge >= 0.3 is 0 Å². The lowest BCUT2D eigenvalue weighted by Gasteiger charge is -2.05. The minimum Gasteiger partial charge on any atom is -0.339 e. The fraction of sp³-hybridized carbons (Fsp3) is 0.105. The first-order valence-electron chi connectivity index (χ1n) is 7.46. The number of aryl methyl sites for hydroxylation is 2. The normalized spacial score (nSPS) is 13.3. The molecule has 0 aliphatic carbocycles. The number of aromatic nitrogens is 1. The molecule has 0 saturated heterocycles. The number of nitrogens with zero attached hydrogens (tertiary/aromatic N) is 1. The first-order chi connectivity index (χ1) is 10.9. The van der Waals surface area contributed by atoms with Crippen molar-refractivity contribution in [2.75, 3.05) is 5.32 Å². The van der Waals surface area contributed by atoms with Gasteiger partial charge in [-0.15, -0.1) is 11.3 Å². The number of fused-ring (bicyclic) bond motifs is 2. The molecule has 1 aliphatic heterocycles. The van der Waals surface area contributed by atoms with Crippen molar-refractivity contribution >= 4 is 35.0 Å². The van der Waals surface area contributed by atoms with E-state index in [1.165, 1.54) is 21.7 Å². The number of rotatable bonds is 2. The van der Waals surface area contributed by atoms with Crippen LogP contribution in [0.1, 0.15) is 21.0 Å². The zero-order chi connectivity index (χ0) is 14.8. The largest absolute Gasteiger partial charge is 0.339 e. The number of hydrogen-bond donors (Lipinski definition) is 1. The molecule has 2 aromatic carbocycles. The molecule has 0 spiro atoms. The summed E-state index contributed by atoms with van der Waals surface area (Å²) in [5.74, 6) is 1.02. The van der Waals surface area contributed by atoms with Crippen molar-refractivity contribution in [2.24, 2.45) is 0 Å². The van der Waals surface area contributed by atoms with E-state index in [1.807, 2.05) is 6.07 Å². The Morgan fingerprint density at radius 2 is 1.73 bits per heavy atom. The molecule has 0 fully saturated rings. The van der Waals surface area contributed by atoms with E-state index in [2.05, 4.69) is 66.0 Å². The Morgan fingerprint density at radius 1 is 0.909 bits per heavy atom. The summed E-state index contributed by atoms with van der Waals surface area (Å²) in [7, 11) is 0. The zero-order valence-electron chi connectivity index (χ0n) is 12.1. The molecule has 4 rings (SSSR count). The van der Waals surface area contributed by atoms with Crippen LogP contribution in [0, 0.1) is 0 Å². The average molecular weight is 304 g/mol. The van der Waals surface area contributed by atoms with Gasteiger partial charge in [0.25, 0.3) is 0 Å². The summed E-state index contributed by atoms with van der Waals surface area (Å²) >= 11 is 1.78. The van der Waals surface area contributed by atoms with Gasteiger partial charge in [-0.1, -0.05) is 54.6 Å². The lowest BCUT2D eigenvalue weighted by molar-refractivity contribution is 0.995. The van der Waals surface area contributed by atoms with Crippen LogP contribution in [-0.4, -0.2) is 4.98 Å². The second-order valence-electron chi connectivity index (χ2n) is 5.35. The zero-order valence-corrected chi connectivity index (χ0v) is 12.9. The molecular weight excluding hydrogens is 288 g/mol.